The fraction of sp³-hybridized carbons (Fsp3) is 0.875. The molecule has 0 saturated carbocycles. The van der Waals surface area contributed by atoms with E-state index in [0.29, 0.717) is 0 Å². The van der Waals surface area contributed by atoms with Gasteiger partial charge in [0.2, 0.25) is 0 Å². The standard InChI is InChI=1S/C8H14O2/c1-3-4-5-7-6(2)8(9)10-7/h6-7H,3-5H2,1-2H3/t6-,7-/m0/s1. The van der Waals surface area contributed by atoms with Crippen LogP contribution < -0.4 is 0 Å². The summed E-state index contributed by atoms with van der Waals surface area (Å²) in [4.78, 5) is 10.6. The van der Waals surface area contributed by atoms with E-state index in [1.54, 1.807) is 0 Å². The lowest BCUT2D eigenvalue weighted by molar-refractivity contribution is -0.183. The predicted octanol–water partition coefficient (Wildman–Crippen LogP) is 1.74. The molecule has 2 atom stereocenters. The van der Waals surface area contributed by atoms with Crippen LogP contribution in [-0.4, -0.2) is 12.1 Å². The van der Waals surface area contributed by atoms with E-state index >= 15 is 0 Å². The topological polar surface area (TPSA) is 26.3 Å². The van der Waals surface area contributed by atoms with Gasteiger partial charge in [0.25, 0.3) is 0 Å². The zero-order chi connectivity index (χ0) is 7.56. The second-order valence-corrected chi connectivity index (χ2v) is 2.91. The van der Waals surface area contributed by atoms with Crippen LogP contribution in [0.5, 0.6) is 0 Å². The number of hydrogen-bond donors (Lipinski definition) is 0. The van der Waals surface area contributed by atoms with E-state index in [4.69, 9.17) is 4.74 Å². The van der Waals surface area contributed by atoms with Crippen LogP contribution in [0, 0.1) is 5.92 Å². The number of cyclic esters (lactones) is 1. The minimum atomic E-state index is -0.0268. The molecule has 1 rings (SSSR count). The molecule has 1 fully saturated rings. The fourth-order valence-corrected chi connectivity index (χ4v) is 1.15. The summed E-state index contributed by atoms with van der Waals surface area (Å²) in [5, 5.41) is 0. The molecule has 1 heterocycles. The first-order chi connectivity index (χ1) is 4.75. The maximum atomic E-state index is 10.6. The lowest BCUT2D eigenvalue weighted by atomic mass is 9.95. The normalized spacial score (nSPS) is 31.2. The molecule has 0 N–H and O–H groups in total. The van der Waals surface area contributed by atoms with Gasteiger partial charge in [-0.2, -0.15) is 0 Å². The Labute approximate surface area is 61.6 Å². The Kier molecular flexibility index (Phi) is 2.30. The van der Waals surface area contributed by atoms with E-state index in [-0.39, 0.29) is 18.0 Å². The first kappa shape index (κ1) is 7.58. The third-order valence-electron chi connectivity index (χ3n) is 2.04. The second kappa shape index (κ2) is 3.04. The van der Waals surface area contributed by atoms with Crippen molar-refractivity contribution in [2.75, 3.05) is 0 Å². The van der Waals surface area contributed by atoms with E-state index in [2.05, 4.69) is 6.92 Å². The Bertz CT molecular complexity index is 131. The largest absolute Gasteiger partial charge is 0.461 e. The van der Waals surface area contributed by atoms with E-state index in [9.17, 15) is 4.79 Å². The maximum absolute atomic E-state index is 10.6. The number of carbonyl (C=O) groups excluding carboxylic acids is 1. The summed E-state index contributed by atoms with van der Waals surface area (Å²) in [7, 11) is 0. The van der Waals surface area contributed by atoms with Crippen molar-refractivity contribution in [1.29, 1.82) is 0 Å². The summed E-state index contributed by atoms with van der Waals surface area (Å²) in [6.45, 7) is 4.08. The van der Waals surface area contributed by atoms with E-state index in [1.807, 2.05) is 6.92 Å². The number of esters is 1. The molecule has 1 saturated heterocycles. The highest BCUT2D eigenvalue weighted by Gasteiger charge is 2.37. The zero-order valence-electron chi connectivity index (χ0n) is 6.59. The molecule has 0 amide bonds. The van der Waals surface area contributed by atoms with Crippen LogP contribution in [-0.2, 0) is 9.53 Å². The molecular formula is C8H14O2. The Morgan fingerprint density at radius 3 is 2.70 bits per heavy atom. The van der Waals surface area contributed by atoms with Crippen molar-refractivity contribution in [1.82, 2.24) is 0 Å². The van der Waals surface area contributed by atoms with Crippen LogP contribution in [0.3, 0.4) is 0 Å². The van der Waals surface area contributed by atoms with Crippen molar-refractivity contribution < 1.29 is 9.53 Å². The molecule has 0 radical (unpaired) electrons. The van der Waals surface area contributed by atoms with Crippen molar-refractivity contribution in [3.8, 4) is 0 Å². The van der Waals surface area contributed by atoms with Crippen LogP contribution in [0.25, 0.3) is 0 Å². The first-order valence-electron chi connectivity index (χ1n) is 3.96. The number of ether oxygens (including phenoxy) is 1. The molecule has 0 aromatic rings. The molecule has 0 unspecified atom stereocenters. The molecule has 0 aliphatic carbocycles. The van der Waals surface area contributed by atoms with Crippen molar-refractivity contribution in [2.45, 2.75) is 39.2 Å². The Balaban J connectivity index is 2.14. The van der Waals surface area contributed by atoms with Gasteiger partial charge in [0, 0.05) is 0 Å². The molecule has 2 nitrogen and oxygen atoms in total. The van der Waals surface area contributed by atoms with Gasteiger partial charge in [-0.15, -0.1) is 0 Å². The fourth-order valence-electron chi connectivity index (χ4n) is 1.15. The average Bonchev–Trinajstić information content (AvgIpc) is 1.97. The maximum Gasteiger partial charge on any atom is 0.312 e. The lowest BCUT2D eigenvalue weighted by Crippen LogP contribution is -2.42. The van der Waals surface area contributed by atoms with Crippen LogP contribution in [0.1, 0.15) is 33.1 Å². The van der Waals surface area contributed by atoms with Gasteiger partial charge < -0.3 is 4.74 Å². The van der Waals surface area contributed by atoms with Crippen molar-refractivity contribution in [2.24, 2.45) is 5.92 Å². The van der Waals surface area contributed by atoms with Gasteiger partial charge in [-0.05, 0) is 13.3 Å². The highest BCUT2D eigenvalue weighted by atomic mass is 16.6. The van der Waals surface area contributed by atoms with Gasteiger partial charge in [0.15, 0.2) is 0 Å². The van der Waals surface area contributed by atoms with Gasteiger partial charge in [-0.1, -0.05) is 19.8 Å². The molecule has 1 aliphatic rings. The third-order valence-corrected chi connectivity index (χ3v) is 2.04. The van der Waals surface area contributed by atoms with E-state index < -0.39 is 0 Å². The van der Waals surface area contributed by atoms with Crippen molar-refractivity contribution >= 4 is 5.97 Å². The third kappa shape index (κ3) is 1.31. The van der Waals surface area contributed by atoms with Gasteiger partial charge in [-0.25, -0.2) is 0 Å². The molecule has 0 aromatic heterocycles. The van der Waals surface area contributed by atoms with Crippen LogP contribution in [0.15, 0.2) is 0 Å². The predicted molar refractivity (Wildman–Crippen MR) is 38.6 cm³/mol. The quantitative estimate of drug-likeness (QED) is 0.561. The lowest BCUT2D eigenvalue weighted by Gasteiger charge is -2.32. The summed E-state index contributed by atoms with van der Waals surface area (Å²) in [6, 6.07) is 0. The smallest absolute Gasteiger partial charge is 0.312 e. The minimum absolute atomic E-state index is 0.0268. The number of carbonyl (C=O) groups is 1. The van der Waals surface area contributed by atoms with Crippen LogP contribution >= 0.6 is 0 Å². The summed E-state index contributed by atoms with van der Waals surface area (Å²) >= 11 is 0. The molecule has 10 heavy (non-hydrogen) atoms. The molecule has 0 bridgehead atoms. The van der Waals surface area contributed by atoms with Crippen LogP contribution in [0.2, 0.25) is 0 Å². The van der Waals surface area contributed by atoms with Gasteiger partial charge in [0.05, 0.1) is 5.92 Å². The monoisotopic (exact) mass is 142 g/mol. The minimum Gasteiger partial charge on any atom is -0.461 e. The summed E-state index contributed by atoms with van der Waals surface area (Å²) in [5.74, 6) is 0.132. The molecule has 1 aliphatic heterocycles. The first-order valence-corrected chi connectivity index (χ1v) is 3.96. The number of hydrogen-bond acceptors (Lipinski definition) is 2. The highest BCUT2D eigenvalue weighted by molar-refractivity contribution is 5.77. The van der Waals surface area contributed by atoms with Crippen molar-refractivity contribution in [3.05, 3.63) is 0 Å². The SMILES string of the molecule is CCCC[C@@H]1OC(=O)[C@H]1C. The average molecular weight is 142 g/mol. The summed E-state index contributed by atoms with van der Waals surface area (Å²) < 4.78 is 4.91. The molecule has 0 aromatic carbocycles. The second-order valence-electron chi connectivity index (χ2n) is 2.91. The van der Waals surface area contributed by atoms with E-state index in [1.165, 1.54) is 12.8 Å². The van der Waals surface area contributed by atoms with Gasteiger partial charge in [-0.3, -0.25) is 4.79 Å². The Morgan fingerprint density at radius 1 is 1.60 bits per heavy atom. The number of unbranched alkanes of at least 4 members (excludes halogenated alkanes) is 1. The Morgan fingerprint density at radius 2 is 2.30 bits per heavy atom. The summed E-state index contributed by atoms with van der Waals surface area (Å²) in [5.41, 5.74) is 0. The van der Waals surface area contributed by atoms with Crippen LogP contribution in [0.4, 0.5) is 0 Å². The molecule has 2 heteroatoms. The van der Waals surface area contributed by atoms with E-state index in [0.717, 1.165) is 6.42 Å². The van der Waals surface area contributed by atoms with Crippen molar-refractivity contribution in [3.63, 3.8) is 0 Å². The summed E-state index contributed by atoms with van der Waals surface area (Å²) in [6.07, 6.45) is 3.62. The molecular weight excluding hydrogens is 128 g/mol. The zero-order valence-corrected chi connectivity index (χ0v) is 6.59. The highest BCUT2D eigenvalue weighted by Crippen LogP contribution is 2.25. The molecule has 58 valence electrons. The van der Waals surface area contributed by atoms with Gasteiger partial charge in [0.1, 0.15) is 6.10 Å². The number of rotatable bonds is 3. The molecule has 0 spiro atoms. The van der Waals surface area contributed by atoms with Gasteiger partial charge >= 0.3 is 5.97 Å². The Hall–Kier alpha value is -0.530.